The number of unbranched alkanes of at least 4 members (excludes halogenated alkanes) is 5. The lowest BCUT2D eigenvalue weighted by Crippen LogP contribution is -2.64. The summed E-state index contributed by atoms with van der Waals surface area (Å²) >= 11 is 1.46. The summed E-state index contributed by atoms with van der Waals surface area (Å²) in [7, 11) is 0. The van der Waals surface area contributed by atoms with Gasteiger partial charge in [0, 0.05) is 0 Å². The first kappa shape index (κ1) is 17.8. The summed E-state index contributed by atoms with van der Waals surface area (Å²) in [5, 5.41) is 29.5. The zero-order valence-electron chi connectivity index (χ0n) is 13.1. The Kier molecular flexibility index (Phi) is 6.80. The van der Waals surface area contributed by atoms with Crippen LogP contribution >= 0.6 is 11.8 Å². The Morgan fingerprint density at radius 2 is 1.77 bits per heavy atom. The highest BCUT2D eigenvalue weighted by Crippen LogP contribution is 2.35. The van der Waals surface area contributed by atoms with E-state index >= 15 is 0 Å². The molecule has 0 aromatic rings. The van der Waals surface area contributed by atoms with Crippen LogP contribution in [-0.2, 0) is 4.74 Å². The van der Waals surface area contributed by atoms with Crippen molar-refractivity contribution in [3.63, 3.8) is 0 Å². The fraction of sp³-hybridized carbons (Fsp3) is 0.933. The average molecular weight is 333 g/mol. The summed E-state index contributed by atoms with van der Waals surface area (Å²) in [5.41, 5.74) is 0. The maximum Gasteiger partial charge on any atom is 0.411 e. The van der Waals surface area contributed by atoms with E-state index in [-0.39, 0.29) is 6.61 Å². The van der Waals surface area contributed by atoms with Crippen LogP contribution in [0.25, 0.3) is 0 Å². The first-order valence-electron chi connectivity index (χ1n) is 8.18. The summed E-state index contributed by atoms with van der Waals surface area (Å²) < 4.78 is 4.96. The van der Waals surface area contributed by atoms with Crippen LogP contribution in [0.5, 0.6) is 0 Å². The van der Waals surface area contributed by atoms with E-state index in [0.29, 0.717) is 0 Å². The SMILES string of the molecule is CCCCCCCCS[C@@H]1[C@@H](O)[C@@H](O)[C@H](O)[C@H]2COC(=O)N21. The molecule has 0 unspecified atom stereocenters. The third kappa shape index (κ3) is 3.88. The summed E-state index contributed by atoms with van der Waals surface area (Å²) in [6.45, 7) is 2.25. The second-order valence-corrected chi connectivity index (χ2v) is 7.28. The standard InChI is InChI=1S/C15H27NO5S/c1-2-3-4-5-6-7-8-22-14-13(19)12(18)11(17)10-9-21-15(20)16(10)14/h10-14,17-19H,2-9H2,1H3/t10-,11-,12+,13+,14-/m1/s1. The molecule has 0 radical (unpaired) electrons. The van der Waals surface area contributed by atoms with Gasteiger partial charge in [-0.05, 0) is 12.2 Å². The zero-order chi connectivity index (χ0) is 16.1. The molecule has 2 saturated heterocycles. The van der Waals surface area contributed by atoms with Gasteiger partial charge in [0.15, 0.2) is 0 Å². The Bertz CT molecular complexity index is 370. The molecule has 0 aromatic heterocycles. The first-order valence-corrected chi connectivity index (χ1v) is 9.23. The smallest absolute Gasteiger partial charge is 0.411 e. The highest BCUT2D eigenvalue weighted by molar-refractivity contribution is 7.99. The monoisotopic (exact) mass is 333 g/mol. The molecule has 0 bridgehead atoms. The predicted octanol–water partition coefficient (Wildman–Crippen LogP) is 1.32. The third-order valence-corrected chi connectivity index (χ3v) is 5.76. The number of fused-ring (bicyclic) bond motifs is 1. The highest BCUT2D eigenvalue weighted by atomic mass is 32.2. The Morgan fingerprint density at radius 1 is 1.09 bits per heavy atom. The quantitative estimate of drug-likeness (QED) is 0.581. The van der Waals surface area contributed by atoms with E-state index in [4.69, 9.17) is 4.74 Å². The number of aliphatic hydroxyl groups is 3. The van der Waals surface area contributed by atoms with E-state index in [9.17, 15) is 20.1 Å². The lowest BCUT2D eigenvalue weighted by atomic mass is 9.95. The number of carbonyl (C=O) groups excluding carboxylic acids is 1. The minimum Gasteiger partial charge on any atom is -0.447 e. The van der Waals surface area contributed by atoms with Crippen molar-refractivity contribution in [3.05, 3.63) is 0 Å². The molecule has 6 nitrogen and oxygen atoms in total. The minimum absolute atomic E-state index is 0.0673. The Hall–Kier alpha value is -0.500. The molecule has 0 saturated carbocycles. The molecule has 2 aliphatic rings. The lowest BCUT2D eigenvalue weighted by molar-refractivity contribution is -0.124. The van der Waals surface area contributed by atoms with Gasteiger partial charge in [-0.15, -0.1) is 11.8 Å². The molecule has 0 aliphatic carbocycles. The number of aliphatic hydroxyl groups excluding tert-OH is 3. The van der Waals surface area contributed by atoms with Gasteiger partial charge >= 0.3 is 6.09 Å². The molecule has 2 rings (SSSR count). The van der Waals surface area contributed by atoms with Crippen molar-refractivity contribution >= 4 is 17.9 Å². The lowest BCUT2D eigenvalue weighted by Gasteiger charge is -2.43. The molecular formula is C15H27NO5S. The topological polar surface area (TPSA) is 90.2 Å². The number of amides is 1. The predicted molar refractivity (Wildman–Crippen MR) is 84.6 cm³/mol. The molecule has 128 valence electrons. The van der Waals surface area contributed by atoms with Gasteiger partial charge in [0.25, 0.3) is 0 Å². The van der Waals surface area contributed by atoms with Crippen LogP contribution in [0.15, 0.2) is 0 Å². The van der Waals surface area contributed by atoms with E-state index in [1.54, 1.807) is 0 Å². The summed E-state index contributed by atoms with van der Waals surface area (Å²) in [6, 6.07) is -0.562. The molecule has 2 heterocycles. The molecule has 7 heteroatoms. The van der Waals surface area contributed by atoms with Crippen LogP contribution in [0.3, 0.4) is 0 Å². The molecule has 2 fully saturated rings. The van der Waals surface area contributed by atoms with Gasteiger partial charge in [-0.2, -0.15) is 0 Å². The van der Waals surface area contributed by atoms with E-state index in [1.165, 1.54) is 42.3 Å². The molecule has 22 heavy (non-hydrogen) atoms. The molecule has 5 atom stereocenters. The molecular weight excluding hydrogens is 306 g/mol. The number of hydrogen-bond acceptors (Lipinski definition) is 6. The second-order valence-electron chi connectivity index (χ2n) is 6.05. The minimum atomic E-state index is -1.24. The zero-order valence-corrected chi connectivity index (χ0v) is 13.9. The summed E-state index contributed by atoms with van der Waals surface area (Å²) in [6.07, 6.45) is 3.03. The van der Waals surface area contributed by atoms with E-state index in [0.717, 1.165) is 18.6 Å². The number of nitrogens with zero attached hydrogens (tertiary/aromatic N) is 1. The van der Waals surface area contributed by atoms with Gasteiger partial charge in [-0.1, -0.05) is 39.0 Å². The Balaban J connectivity index is 1.81. The van der Waals surface area contributed by atoms with E-state index in [1.807, 2.05) is 0 Å². The van der Waals surface area contributed by atoms with Crippen LogP contribution in [0.4, 0.5) is 4.79 Å². The van der Waals surface area contributed by atoms with Crippen LogP contribution in [0, 0.1) is 0 Å². The normalized spacial score (nSPS) is 34.6. The maximum atomic E-state index is 11.8. The van der Waals surface area contributed by atoms with Gasteiger partial charge in [0.1, 0.15) is 30.3 Å². The Morgan fingerprint density at radius 3 is 2.50 bits per heavy atom. The number of thioether (sulfide) groups is 1. The van der Waals surface area contributed by atoms with Crippen LogP contribution in [0.2, 0.25) is 0 Å². The third-order valence-electron chi connectivity index (χ3n) is 4.39. The number of carbonyl (C=O) groups is 1. The molecule has 3 N–H and O–H groups in total. The van der Waals surface area contributed by atoms with Crippen molar-refractivity contribution in [1.82, 2.24) is 4.90 Å². The Labute approximate surface area is 135 Å². The van der Waals surface area contributed by atoms with E-state index in [2.05, 4.69) is 6.92 Å². The summed E-state index contributed by atoms with van der Waals surface area (Å²) in [4.78, 5) is 13.2. The first-order chi connectivity index (χ1) is 10.6. The van der Waals surface area contributed by atoms with Crippen LogP contribution < -0.4 is 0 Å². The van der Waals surface area contributed by atoms with Crippen LogP contribution in [-0.4, -0.2) is 68.4 Å². The number of cyclic esters (lactones) is 1. The fourth-order valence-corrected chi connectivity index (χ4v) is 4.40. The van der Waals surface area contributed by atoms with Crippen molar-refractivity contribution in [3.8, 4) is 0 Å². The van der Waals surface area contributed by atoms with Gasteiger partial charge in [0.2, 0.25) is 0 Å². The van der Waals surface area contributed by atoms with Crippen molar-refractivity contribution in [2.24, 2.45) is 0 Å². The summed E-state index contributed by atoms with van der Waals surface area (Å²) in [5.74, 6) is 0.813. The molecule has 0 spiro atoms. The van der Waals surface area contributed by atoms with Crippen molar-refractivity contribution in [1.29, 1.82) is 0 Å². The number of rotatable bonds is 8. The second kappa shape index (κ2) is 8.38. The number of ether oxygens (including phenoxy) is 1. The van der Waals surface area contributed by atoms with Crippen molar-refractivity contribution in [2.45, 2.75) is 75.2 Å². The van der Waals surface area contributed by atoms with Gasteiger partial charge in [0.05, 0.1) is 6.04 Å². The van der Waals surface area contributed by atoms with Gasteiger partial charge < -0.3 is 20.1 Å². The van der Waals surface area contributed by atoms with Crippen molar-refractivity contribution < 1.29 is 24.9 Å². The van der Waals surface area contributed by atoms with Gasteiger partial charge in [-0.25, -0.2) is 4.79 Å². The van der Waals surface area contributed by atoms with Gasteiger partial charge in [-0.3, -0.25) is 4.90 Å². The molecule has 0 aromatic carbocycles. The number of piperidine rings is 1. The van der Waals surface area contributed by atoms with E-state index < -0.39 is 35.8 Å². The fourth-order valence-electron chi connectivity index (χ4n) is 3.03. The maximum absolute atomic E-state index is 11.8. The average Bonchev–Trinajstić information content (AvgIpc) is 2.89. The molecule has 1 amide bonds. The highest BCUT2D eigenvalue weighted by Gasteiger charge is 2.53. The molecule has 2 aliphatic heterocycles. The largest absolute Gasteiger partial charge is 0.447 e. The number of hydrogen-bond donors (Lipinski definition) is 3. The van der Waals surface area contributed by atoms with Crippen LogP contribution in [0.1, 0.15) is 45.4 Å². The van der Waals surface area contributed by atoms with Crippen molar-refractivity contribution in [2.75, 3.05) is 12.4 Å².